The van der Waals surface area contributed by atoms with Crippen molar-refractivity contribution in [3.8, 4) is 0 Å². The van der Waals surface area contributed by atoms with E-state index in [9.17, 15) is 0 Å². The first-order valence-electron chi connectivity index (χ1n) is 7.45. The smallest absolute Gasteiger partial charge is 0.188 e. The molecule has 1 saturated carbocycles. The summed E-state index contributed by atoms with van der Waals surface area (Å²) in [7, 11) is 1.72. The molecule has 1 aliphatic rings. The Kier molecular flexibility index (Phi) is 6.08. The first kappa shape index (κ1) is 18.3. The van der Waals surface area contributed by atoms with Gasteiger partial charge in [-0.3, -0.25) is 4.99 Å². The highest BCUT2D eigenvalue weighted by atomic mass is 127. The number of nitrogens with two attached hydrogens (primary N) is 1. The van der Waals surface area contributed by atoms with Crippen LogP contribution in [0.2, 0.25) is 0 Å². The zero-order valence-corrected chi connectivity index (χ0v) is 15.9. The van der Waals surface area contributed by atoms with Crippen LogP contribution < -0.4 is 11.1 Å². The zero-order valence-electron chi connectivity index (χ0n) is 13.6. The second-order valence-electron chi connectivity index (χ2n) is 6.92. The molecular formula is C17H28IN3. The maximum Gasteiger partial charge on any atom is 0.188 e. The van der Waals surface area contributed by atoms with E-state index in [1.54, 1.807) is 7.05 Å². The number of aliphatic imine (C=N–C) groups is 1. The molecule has 1 fully saturated rings. The third-order valence-corrected chi connectivity index (χ3v) is 4.52. The summed E-state index contributed by atoms with van der Waals surface area (Å²) in [5.74, 6) is 0.530. The highest BCUT2D eigenvalue weighted by molar-refractivity contribution is 14.0. The molecule has 0 aliphatic heterocycles. The Morgan fingerprint density at radius 3 is 2.19 bits per heavy atom. The molecule has 1 aliphatic carbocycles. The monoisotopic (exact) mass is 401 g/mol. The van der Waals surface area contributed by atoms with E-state index in [1.807, 2.05) is 0 Å². The fourth-order valence-electron chi connectivity index (χ4n) is 2.83. The molecule has 3 nitrogen and oxygen atoms in total. The van der Waals surface area contributed by atoms with Crippen LogP contribution in [0.1, 0.15) is 51.2 Å². The Balaban J connectivity index is 0.00000220. The van der Waals surface area contributed by atoms with Crippen molar-refractivity contribution in [2.24, 2.45) is 10.7 Å². The molecule has 0 bridgehead atoms. The van der Waals surface area contributed by atoms with Gasteiger partial charge in [0.1, 0.15) is 0 Å². The summed E-state index contributed by atoms with van der Waals surface area (Å²) < 4.78 is 0. The van der Waals surface area contributed by atoms with Gasteiger partial charge in [0.15, 0.2) is 5.96 Å². The van der Waals surface area contributed by atoms with Crippen molar-refractivity contribution in [1.29, 1.82) is 0 Å². The summed E-state index contributed by atoms with van der Waals surface area (Å²) in [6, 6.07) is 9.13. The maximum absolute atomic E-state index is 5.76. The maximum atomic E-state index is 5.76. The van der Waals surface area contributed by atoms with Crippen molar-refractivity contribution in [3.05, 3.63) is 35.4 Å². The summed E-state index contributed by atoms with van der Waals surface area (Å²) in [5.41, 5.74) is 9.02. The molecule has 0 atom stereocenters. The van der Waals surface area contributed by atoms with Crippen LogP contribution in [0.15, 0.2) is 29.3 Å². The molecule has 1 aromatic rings. The highest BCUT2D eigenvalue weighted by Crippen LogP contribution is 2.43. The van der Waals surface area contributed by atoms with E-state index < -0.39 is 0 Å². The number of hydrogen-bond acceptors (Lipinski definition) is 1. The lowest BCUT2D eigenvalue weighted by atomic mass is 9.64. The van der Waals surface area contributed by atoms with Gasteiger partial charge in [0.25, 0.3) is 0 Å². The van der Waals surface area contributed by atoms with Gasteiger partial charge < -0.3 is 11.1 Å². The molecule has 0 heterocycles. The second-order valence-corrected chi connectivity index (χ2v) is 6.92. The lowest BCUT2D eigenvalue weighted by Gasteiger charge is -2.43. The van der Waals surface area contributed by atoms with Crippen molar-refractivity contribution < 1.29 is 0 Å². The average molecular weight is 401 g/mol. The second kappa shape index (κ2) is 6.99. The van der Waals surface area contributed by atoms with Gasteiger partial charge >= 0.3 is 0 Å². The number of nitrogens with one attached hydrogen (secondary N) is 1. The Morgan fingerprint density at radius 2 is 1.81 bits per heavy atom. The fourth-order valence-corrected chi connectivity index (χ4v) is 2.83. The van der Waals surface area contributed by atoms with E-state index >= 15 is 0 Å². The van der Waals surface area contributed by atoms with E-state index in [-0.39, 0.29) is 34.8 Å². The van der Waals surface area contributed by atoms with E-state index in [2.05, 4.69) is 55.3 Å². The van der Waals surface area contributed by atoms with Gasteiger partial charge in [-0.2, -0.15) is 0 Å². The van der Waals surface area contributed by atoms with Crippen molar-refractivity contribution >= 4 is 29.9 Å². The topological polar surface area (TPSA) is 50.4 Å². The van der Waals surface area contributed by atoms with Crippen LogP contribution in [0, 0.1) is 0 Å². The summed E-state index contributed by atoms with van der Waals surface area (Å²) >= 11 is 0. The molecule has 0 radical (unpaired) electrons. The minimum Gasteiger partial charge on any atom is -0.370 e. The third kappa shape index (κ3) is 4.11. The summed E-state index contributed by atoms with van der Waals surface area (Å²) in [6.45, 7) is 7.63. The fraction of sp³-hybridized carbons (Fsp3) is 0.588. The molecule has 1 aromatic carbocycles. The predicted molar refractivity (Wildman–Crippen MR) is 102 cm³/mol. The summed E-state index contributed by atoms with van der Waals surface area (Å²) in [5, 5.41) is 3.25. The number of nitrogens with zero attached hydrogens (tertiary/aromatic N) is 1. The Morgan fingerprint density at radius 1 is 1.24 bits per heavy atom. The van der Waals surface area contributed by atoms with Crippen LogP contribution >= 0.6 is 24.0 Å². The minimum absolute atomic E-state index is 0. The number of hydrogen-bond donors (Lipinski definition) is 2. The van der Waals surface area contributed by atoms with E-state index in [1.165, 1.54) is 30.4 Å². The quantitative estimate of drug-likeness (QED) is 0.462. The lowest BCUT2D eigenvalue weighted by Crippen LogP contribution is -2.47. The SMILES string of the molecule is CN=C(N)NCC1(c2ccc(C(C)(C)C)cc2)CCC1.I. The van der Waals surface area contributed by atoms with Gasteiger partial charge in [0, 0.05) is 19.0 Å². The largest absolute Gasteiger partial charge is 0.370 e. The minimum atomic E-state index is 0. The Labute approximate surface area is 145 Å². The molecule has 2 rings (SSSR count). The molecule has 3 N–H and O–H groups in total. The van der Waals surface area contributed by atoms with E-state index in [0.29, 0.717) is 5.96 Å². The van der Waals surface area contributed by atoms with Gasteiger partial charge in [-0.25, -0.2) is 0 Å². The standard InChI is InChI=1S/C17H27N3.HI/c1-16(2,3)13-6-8-14(9-7-13)17(10-5-11-17)12-20-15(18)19-4;/h6-9H,5,10-12H2,1-4H3,(H3,18,19,20);1H. The highest BCUT2D eigenvalue weighted by Gasteiger charge is 2.38. The first-order valence-corrected chi connectivity index (χ1v) is 7.45. The third-order valence-electron chi connectivity index (χ3n) is 4.52. The molecule has 4 heteroatoms. The van der Waals surface area contributed by atoms with Gasteiger partial charge in [0.2, 0.25) is 0 Å². The van der Waals surface area contributed by atoms with Crippen LogP contribution in [0.5, 0.6) is 0 Å². The van der Waals surface area contributed by atoms with Gasteiger partial charge in [-0.15, -0.1) is 24.0 Å². The van der Waals surface area contributed by atoms with Crippen LogP contribution in [-0.4, -0.2) is 19.6 Å². The molecule has 0 saturated heterocycles. The zero-order chi connectivity index (χ0) is 14.8. The van der Waals surface area contributed by atoms with Crippen molar-refractivity contribution in [2.75, 3.05) is 13.6 Å². The van der Waals surface area contributed by atoms with Crippen molar-refractivity contribution in [3.63, 3.8) is 0 Å². The molecule has 0 amide bonds. The molecule has 21 heavy (non-hydrogen) atoms. The predicted octanol–water partition coefficient (Wildman–Crippen LogP) is 3.56. The van der Waals surface area contributed by atoms with Gasteiger partial charge in [-0.1, -0.05) is 51.5 Å². The molecule has 0 aromatic heterocycles. The molecular weight excluding hydrogens is 373 g/mol. The average Bonchev–Trinajstić information content (AvgIpc) is 2.36. The lowest BCUT2D eigenvalue weighted by molar-refractivity contribution is 0.244. The molecule has 0 spiro atoms. The van der Waals surface area contributed by atoms with Crippen molar-refractivity contribution in [1.82, 2.24) is 5.32 Å². The van der Waals surface area contributed by atoms with Crippen molar-refractivity contribution in [2.45, 2.75) is 50.9 Å². The molecule has 0 unspecified atom stereocenters. The summed E-state index contributed by atoms with van der Waals surface area (Å²) in [4.78, 5) is 3.97. The van der Waals surface area contributed by atoms with E-state index in [4.69, 9.17) is 5.73 Å². The summed E-state index contributed by atoms with van der Waals surface area (Å²) in [6.07, 6.45) is 3.75. The number of rotatable bonds is 3. The number of halogens is 1. The van der Waals surface area contributed by atoms with Gasteiger partial charge in [-0.05, 0) is 29.4 Å². The normalized spacial score (nSPS) is 17.6. The van der Waals surface area contributed by atoms with Crippen LogP contribution in [-0.2, 0) is 10.8 Å². The van der Waals surface area contributed by atoms with E-state index in [0.717, 1.165) is 6.54 Å². The Bertz CT molecular complexity index is 482. The number of guanidine groups is 1. The Hall–Kier alpha value is -0.780. The van der Waals surface area contributed by atoms with Crippen LogP contribution in [0.3, 0.4) is 0 Å². The van der Waals surface area contributed by atoms with Crippen LogP contribution in [0.4, 0.5) is 0 Å². The van der Waals surface area contributed by atoms with Gasteiger partial charge in [0.05, 0.1) is 0 Å². The molecule has 118 valence electrons. The van der Waals surface area contributed by atoms with Crippen LogP contribution in [0.25, 0.3) is 0 Å². The number of benzene rings is 1. The first-order chi connectivity index (χ1) is 9.37.